The molecule has 0 fully saturated rings. The third-order valence-electron chi connectivity index (χ3n) is 2.28. The number of benzene rings is 1. The van der Waals surface area contributed by atoms with Crippen LogP contribution in [0.15, 0.2) is 24.3 Å². The lowest BCUT2D eigenvalue weighted by atomic mass is 10.0. The third-order valence-corrected chi connectivity index (χ3v) is 2.28. The molecule has 0 unspecified atom stereocenters. The standard InChI is InChI=1S/C11H14F3NO.ClH/c1-16-9-4-2-8(3-5-9)10(15)6-7-11(12,13)14;/h2-5,10H,6-7,15H2,1H3;1H/t10-;/m1./s1. The lowest BCUT2D eigenvalue weighted by Crippen LogP contribution is -2.15. The van der Waals surface area contributed by atoms with Crippen molar-refractivity contribution in [1.82, 2.24) is 0 Å². The predicted molar refractivity (Wildman–Crippen MR) is 62.5 cm³/mol. The molecule has 0 saturated carbocycles. The number of hydrogen-bond acceptors (Lipinski definition) is 2. The van der Waals surface area contributed by atoms with Crippen molar-refractivity contribution in [2.45, 2.75) is 25.1 Å². The molecule has 0 aliphatic heterocycles. The molecular weight excluding hydrogens is 255 g/mol. The first kappa shape index (κ1) is 16.1. The van der Waals surface area contributed by atoms with Crippen LogP contribution in [0.25, 0.3) is 0 Å². The molecule has 0 heterocycles. The van der Waals surface area contributed by atoms with E-state index in [4.69, 9.17) is 10.5 Å². The highest BCUT2D eigenvalue weighted by Gasteiger charge is 2.27. The number of hydrogen-bond donors (Lipinski definition) is 1. The van der Waals surface area contributed by atoms with E-state index in [0.29, 0.717) is 11.3 Å². The summed E-state index contributed by atoms with van der Waals surface area (Å²) in [4.78, 5) is 0. The van der Waals surface area contributed by atoms with Crippen molar-refractivity contribution in [1.29, 1.82) is 0 Å². The van der Waals surface area contributed by atoms with Gasteiger partial charge in [-0.3, -0.25) is 0 Å². The first-order valence-electron chi connectivity index (χ1n) is 4.88. The van der Waals surface area contributed by atoms with Gasteiger partial charge in [-0.25, -0.2) is 0 Å². The molecule has 0 aliphatic rings. The van der Waals surface area contributed by atoms with Gasteiger partial charge < -0.3 is 10.5 Å². The molecule has 0 aliphatic carbocycles. The zero-order valence-electron chi connectivity index (χ0n) is 9.33. The summed E-state index contributed by atoms with van der Waals surface area (Å²) in [7, 11) is 1.53. The molecule has 1 atom stereocenters. The highest BCUT2D eigenvalue weighted by molar-refractivity contribution is 5.85. The lowest BCUT2D eigenvalue weighted by Gasteiger charge is -2.13. The summed E-state index contributed by atoms with van der Waals surface area (Å²) in [6.45, 7) is 0. The zero-order valence-corrected chi connectivity index (χ0v) is 10.1. The maximum Gasteiger partial charge on any atom is 0.389 e. The van der Waals surface area contributed by atoms with E-state index < -0.39 is 18.6 Å². The molecule has 2 nitrogen and oxygen atoms in total. The summed E-state index contributed by atoms with van der Waals surface area (Å²) < 4.78 is 40.9. The first-order valence-corrected chi connectivity index (χ1v) is 4.88. The Balaban J connectivity index is 0.00000256. The quantitative estimate of drug-likeness (QED) is 0.908. The van der Waals surface area contributed by atoms with Gasteiger partial charge in [0.05, 0.1) is 7.11 Å². The van der Waals surface area contributed by atoms with Crippen LogP contribution in [-0.2, 0) is 0 Å². The van der Waals surface area contributed by atoms with Crippen LogP contribution in [0.2, 0.25) is 0 Å². The van der Waals surface area contributed by atoms with Crippen molar-refractivity contribution >= 4 is 12.4 Å². The van der Waals surface area contributed by atoms with Crippen LogP contribution in [0.3, 0.4) is 0 Å². The Kier molecular flexibility index (Phi) is 6.34. The summed E-state index contributed by atoms with van der Waals surface area (Å²) in [5, 5.41) is 0. The molecule has 6 heteroatoms. The van der Waals surface area contributed by atoms with Gasteiger partial charge in [-0.05, 0) is 24.1 Å². The van der Waals surface area contributed by atoms with E-state index in [1.165, 1.54) is 7.11 Å². The van der Waals surface area contributed by atoms with Crippen molar-refractivity contribution in [3.05, 3.63) is 29.8 Å². The molecule has 1 aromatic carbocycles. The summed E-state index contributed by atoms with van der Waals surface area (Å²) in [6, 6.07) is 6.14. The maximum absolute atomic E-state index is 12.0. The summed E-state index contributed by atoms with van der Waals surface area (Å²) in [6.07, 6.45) is -5.11. The van der Waals surface area contributed by atoms with Gasteiger partial charge in [-0.2, -0.15) is 13.2 Å². The van der Waals surface area contributed by atoms with Gasteiger partial charge in [-0.15, -0.1) is 12.4 Å². The molecular formula is C11H15ClF3NO. The molecule has 1 rings (SSSR count). The van der Waals surface area contributed by atoms with Crippen LogP contribution in [0, 0.1) is 0 Å². The molecule has 0 radical (unpaired) electrons. The molecule has 0 bridgehead atoms. The van der Waals surface area contributed by atoms with Gasteiger partial charge in [0.2, 0.25) is 0 Å². The fourth-order valence-corrected chi connectivity index (χ4v) is 1.34. The van der Waals surface area contributed by atoms with Crippen LogP contribution in [0.1, 0.15) is 24.4 Å². The molecule has 0 amide bonds. The fourth-order valence-electron chi connectivity index (χ4n) is 1.34. The molecule has 17 heavy (non-hydrogen) atoms. The maximum atomic E-state index is 12.0. The van der Waals surface area contributed by atoms with Gasteiger partial charge in [0.25, 0.3) is 0 Å². The zero-order chi connectivity index (χ0) is 12.2. The summed E-state index contributed by atoms with van der Waals surface area (Å²) in [5.41, 5.74) is 6.34. The molecule has 2 N–H and O–H groups in total. The minimum atomic E-state index is -4.15. The largest absolute Gasteiger partial charge is 0.497 e. The number of ether oxygens (including phenoxy) is 1. The lowest BCUT2D eigenvalue weighted by molar-refractivity contribution is -0.136. The van der Waals surface area contributed by atoms with Crippen LogP contribution >= 0.6 is 12.4 Å². The van der Waals surface area contributed by atoms with E-state index in [1.807, 2.05) is 0 Å². The van der Waals surface area contributed by atoms with E-state index in [2.05, 4.69) is 0 Å². The second-order valence-electron chi connectivity index (χ2n) is 3.53. The Bertz CT molecular complexity index is 326. The average Bonchev–Trinajstić information content (AvgIpc) is 2.25. The van der Waals surface area contributed by atoms with Crippen molar-refractivity contribution in [3.63, 3.8) is 0 Å². The predicted octanol–water partition coefficient (Wildman–Crippen LogP) is 3.46. The smallest absolute Gasteiger partial charge is 0.389 e. The molecule has 0 spiro atoms. The van der Waals surface area contributed by atoms with E-state index >= 15 is 0 Å². The van der Waals surface area contributed by atoms with Gasteiger partial charge in [0, 0.05) is 12.5 Å². The van der Waals surface area contributed by atoms with E-state index in [-0.39, 0.29) is 18.8 Å². The van der Waals surface area contributed by atoms with Crippen molar-refractivity contribution < 1.29 is 17.9 Å². The minimum Gasteiger partial charge on any atom is -0.497 e. The van der Waals surface area contributed by atoms with Gasteiger partial charge in [0.1, 0.15) is 5.75 Å². The summed E-state index contributed by atoms with van der Waals surface area (Å²) >= 11 is 0. The third kappa shape index (κ3) is 5.79. The number of alkyl halides is 3. The van der Waals surface area contributed by atoms with Crippen molar-refractivity contribution in [2.75, 3.05) is 7.11 Å². The highest BCUT2D eigenvalue weighted by atomic mass is 35.5. The average molecular weight is 270 g/mol. The molecule has 1 aromatic rings. The van der Waals surface area contributed by atoms with Gasteiger partial charge >= 0.3 is 6.18 Å². The fraction of sp³-hybridized carbons (Fsp3) is 0.455. The number of rotatable bonds is 4. The number of halogens is 4. The van der Waals surface area contributed by atoms with Crippen LogP contribution in [0.4, 0.5) is 13.2 Å². The topological polar surface area (TPSA) is 35.2 Å². The van der Waals surface area contributed by atoms with Crippen LogP contribution in [-0.4, -0.2) is 13.3 Å². The van der Waals surface area contributed by atoms with E-state index in [0.717, 1.165) is 0 Å². The summed E-state index contributed by atoms with van der Waals surface area (Å²) in [5.74, 6) is 0.659. The van der Waals surface area contributed by atoms with Gasteiger partial charge in [-0.1, -0.05) is 12.1 Å². The Morgan fingerprint density at radius 1 is 1.24 bits per heavy atom. The van der Waals surface area contributed by atoms with E-state index in [9.17, 15) is 13.2 Å². The Hall–Kier alpha value is -0.940. The highest BCUT2D eigenvalue weighted by Crippen LogP contribution is 2.26. The molecule has 98 valence electrons. The normalized spacial score (nSPS) is 12.8. The Morgan fingerprint density at radius 2 is 1.76 bits per heavy atom. The van der Waals surface area contributed by atoms with Crippen LogP contribution < -0.4 is 10.5 Å². The Morgan fingerprint density at radius 3 is 2.18 bits per heavy atom. The molecule has 0 aromatic heterocycles. The first-order chi connectivity index (χ1) is 7.42. The van der Waals surface area contributed by atoms with Crippen LogP contribution in [0.5, 0.6) is 5.75 Å². The van der Waals surface area contributed by atoms with E-state index in [1.54, 1.807) is 24.3 Å². The van der Waals surface area contributed by atoms with Crippen molar-refractivity contribution in [3.8, 4) is 5.75 Å². The second-order valence-corrected chi connectivity index (χ2v) is 3.53. The SMILES string of the molecule is COc1ccc([C@H](N)CCC(F)(F)F)cc1.Cl. The molecule has 0 saturated heterocycles. The minimum absolute atomic E-state index is 0. The Labute approximate surface area is 104 Å². The number of nitrogens with two attached hydrogens (primary N) is 1. The second kappa shape index (κ2) is 6.71. The monoisotopic (exact) mass is 269 g/mol. The number of methoxy groups -OCH3 is 1. The van der Waals surface area contributed by atoms with Crippen molar-refractivity contribution in [2.24, 2.45) is 5.73 Å². The van der Waals surface area contributed by atoms with Gasteiger partial charge in [0.15, 0.2) is 0 Å².